The molecule has 0 radical (unpaired) electrons. The van der Waals surface area contributed by atoms with E-state index in [1.807, 2.05) is 0 Å². The summed E-state index contributed by atoms with van der Waals surface area (Å²) in [6.45, 7) is 6.52. The summed E-state index contributed by atoms with van der Waals surface area (Å²) in [5.74, 6) is -0.0811. The van der Waals surface area contributed by atoms with Crippen LogP contribution in [-0.2, 0) is 14.6 Å². The molecule has 0 aromatic carbocycles. The van der Waals surface area contributed by atoms with Crippen LogP contribution in [0.15, 0.2) is 0 Å². The molecule has 0 saturated carbocycles. The Kier molecular flexibility index (Phi) is 3.93. The van der Waals surface area contributed by atoms with Gasteiger partial charge in [0.1, 0.15) is 0 Å². The van der Waals surface area contributed by atoms with E-state index in [9.17, 15) is 13.2 Å². The molecule has 0 aliphatic carbocycles. The standard InChI is InChI=1S/C8H17NO4S/c1-5-14(11,12)6(8(2,3)4)13-7(9)10/h6H,5H2,1-4H3,(H2,9,10). The minimum Gasteiger partial charge on any atom is -0.429 e. The lowest BCUT2D eigenvalue weighted by Crippen LogP contribution is -2.40. The summed E-state index contributed by atoms with van der Waals surface area (Å²) in [5, 5.41) is 0. The van der Waals surface area contributed by atoms with E-state index in [1.54, 1.807) is 20.8 Å². The summed E-state index contributed by atoms with van der Waals surface area (Å²) in [6.07, 6.45) is -1.07. The van der Waals surface area contributed by atoms with Crippen LogP contribution in [0.3, 0.4) is 0 Å². The summed E-state index contributed by atoms with van der Waals surface area (Å²) in [4.78, 5) is 10.6. The largest absolute Gasteiger partial charge is 0.429 e. The van der Waals surface area contributed by atoms with Crippen molar-refractivity contribution in [1.82, 2.24) is 0 Å². The predicted octanol–water partition coefficient (Wildman–Crippen LogP) is 0.889. The Labute approximate surface area is 84.5 Å². The van der Waals surface area contributed by atoms with E-state index in [0.717, 1.165) is 0 Å². The zero-order chi connectivity index (χ0) is 11.6. The Morgan fingerprint density at radius 2 is 1.86 bits per heavy atom. The van der Waals surface area contributed by atoms with E-state index in [1.165, 1.54) is 6.92 Å². The number of carbonyl (C=O) groups is 1. The van der Waals surface area contributed by atoms with Gasteiger partial charge in [-0.15, -0.1) is 0 Å². The molecule has 0 heterocycles. The van der Waals surface area contributed by atoms with Crippen LogP contribution in [0, 0.1) is 5.41 Å². The second kappa shape index (κ2) is 4.16. The van der Waals surface area contributed by atoms with Crippen molar-refractivity contribution < 1.29 is 17.9 Å². The van der Waals surface area contributed by atoms with Crippen LogP contribution in [0.1, 0.15) is 27.7 Å². The number of rotatable bonds is 3. The number of hydrogen-bond donors (Lipinski definition) is 1. The number of sulfone groups is 1. The molecule has 6 heteroatoms. The maximum Gasteiger partial charge on any atom is 0.405 e. The van der Waals surface area contributed by atoms with Crippen LogP contribution in [0.4, 0.5) is 4.79 Å². The third-order valence-electron chi connectivity index (χ3n) is 1.66. The summed E-state index contributed by atoms with van der Waals surface area (Å²) < 4.78 is 27.7. The zero-order valence-corrected chi connectivity index (χ0v) is 9.72. The van der Waals surface area contributed by atoms with Crippen molar-refractivity contribution in [2.75, 3.05) is 5.75 Å². The first-order valence-electron chi connectivity index (χ1n) is 4.29. The van der Waals surface area contributed by atoms with Gasteiger partial charge < -0.3 is 10.5 Å². The quantitative estimate of drug-likeness (QED) is 0.769. The number of carbonyl (C=O) groups excluding carboxylic acids is 1. The number of amides is 1. The highest BCUT2D eigenvalue weighted by molar-refractivity contribution is 7.91. The molecule has 0 bridgehead atoms. The Morgan fingerprint density at radius 3 is 2.07 bits per heavy atom. The maximum atomic E-state index is 11.5. The van der Waals surface area contributed by atoms with Crippen LogP contribution in [0.25, 0.3) is 0 Å². The molecular weight excluding hydrogens is 206 g/mol. The Morgan fingerprint density at radius 1 is 1.43 bits per heavy atom. The first-order chi connectivity index (χ1) is 6.11. The highest BCUT2D eigenvalue weighted by atomic mass is 32.2. The number of hydrogen-bond acceptors (Lipinski definition) is 4. The lowest BCUT2D eigenvalue weighted by Gasteiger charge is -2.28. The first-order valence-corrected chi connectivity index (χ1v) is 6.00. The number of primary amides is 1. The van der Waals surface area contributed by atoms with Gasteiger partial charge in [0.2, 0.25) is 5.44 Å². The molecule has 0 aromatic heterocycles. The van der Waals surface area contributed by atoms with E-state index in [-0.39, 0.29) is 5.75 Å². The highest BCUT2D eigenvalue weighted by Gasteiger charge is 2.38. The fourth-order valence-corrected chi connectivity index (χ4v) is 2.67. The molecule has 0 saturated heterocycles. The van der Waals surface area contributed by atoms with Gasteiger partial charge in [0.25, 0.3) is 0 Å². The number of ether oxygens (including phenoxy) is 1. The molecule has 5 nitrogen and oxygen atoms in total. The predicted molar refractivity (Wildman–Crippen MR) is 53.4 cm³/mol. The van der Waals surface area contributed by atoms with Gasteiger partial charge in [0.05, 0.1) is 5.75 Å². The van der Waals surface area contributed by atoms with Gasteiger partial charge in [0.15, 0.2) is 9.84 Å². The lowest BCUT2D eigenvalue weighted by atomic mass is 9.98. The van der Waals surface area contributed by atoms with Crippen molar-refractivity contribution in [3.63, 3.8) is 0 Å². The summed E-state index contributed by atoms with van der Waals surface area (Å²) in [5.41, 5.74) is 2.96. The van der Waals surface area contributed by atoms with E-state index in [2.05, 4.69) is 4.74 Å². The average Bonchev–Trinajstić information content (AvgIpc) is 1.98. The molecule has 0 spiro atoms. The van der Waals surface area contributed by atoms with Crippen LogP contribution in [-0.4, -0.2) is 25.7 Å². The molecule has 14 heavy (non-hydrogen) atoms. The van der Waals surface area contributed by atoms with Gasteiger partial charge in [-0.05, 0) is 0 Å². The highest BCUT2D eigenvalue weighted by Crippen LogP contribution is 2.27. The topological polar surface area (TPSA) is 86.5 Å². The van der Waals surface area contributed by atoms with E-state index in [4.69, 9.17) is 5.73 Å². The van der Waals surface area contributed by atoms with Crippen LogP contribution < -0.4 is 5.73 Å². The van der Waals surface area contributed by atoms with Crippen molar-refractivity contribution in [3.8, 4) is 0 Å². The molecule has 0 fully saturated rings. The second-order valence-corrected chi connectivity index (χ2v) is 6.42. The summed E-state index contributed by atoms with van der Waals surface area (Å²) >= 11 is 0. The van der Waals surface area contributed by atoms with Gasteiger partial charge in [0, 0.05) is 5.41 Å². The maximum absolute atomic E-state index is 11.5. The van der Waals surface area contributed by atoms with E-state index in [0.29, 0.717) is 0 Å². The lowest BCUT2D eigenvalue weighted by molar-refractivity contribution is 0.0869. The normalized spacial score (nSPS) is 14.9. The fraction of sp³-hybridized carbons (Fsp3) is 0.875. The Balaban J connectivity index is 5.03. The van der Waals surface area contributed by atoms with Gasteiger partial charge in [-0.25, -0.2) is 13.2 Å². The minimum atomic E-state index is -3.44. The van der Waals surface area contributed by atoms with Crippen molar-refractivity contribution >= 4 is 15.9 Å². The summed E-state index contributed by atoms with van der Waals surface area (Å²) in [6, 6.07) is 0. The SMILES string of the molecule is CCS(=O)(=O)C(OC(N)=O)C(C)(C)C. The average molecular weight is 223 g/mol. The molecule has 84 valence electrons. The molecule has 1 amide bonds. The van der Waals surface area contributed by atoms with Gasteiger partial charge in [-0.1, -0.05) is 27.7 Å². The van der Waals surface area contributed by atoms with E-state index >= 15 is 0 Å². The summed E-state index contributed by atoms with van der Waals surface area (Å²) in [7, 11) is -3.44. The molecule has 2 N–H and O–H groups in total. The molecule has 0 rings (SSSR count). The Hall–Kier alpha value is -0.780. The smallest absolute Gasteiger partial charge is 0.405 e. The minimum absolute atomic E-state index is 0.0811. The van der Waals surface area contributed by atoms with Crippen LogP contribution in [0.2, 0.25) is 0 Å². The monoisotopic (exact) mass is 223 g/mol. The molecule has 0 aromatic rings. The molecule has 1 unspecified atom stereocenters. The van der Waals surface area contributed by atoms with Gasteiger partial charge in [-0.3, -0.25) is 0 Å². The van der Waals surface area contributed by atoms with Crippen molar-refractivity contribution in [3.05, 3.63) is 0 Å². The number of nitrogens with two attached hydrogens (primary N) is 1. The van der Waals surface area contributed by atoms with Crippen molar-refractivity contribution in [1.29, 1.82) is 0 Å². The molecule has 1 atom stereocenters. The third kappa shape index (κ3) is 3.53. The molecule has 0 aliphatic rings. The van der Waals surface area contributed by atoms with Gasteiger partial charge in [-0.2, -0.15) is 0 Å². The molecule has 0 aliphatic heterocycles. The van der Waals surface area contributed by atoms with Crippen LogP contribution >= 0.6 is 0 Å². The zero-order valence-electron chi connectivity index (χ0n) is 8.90. The van der Waals surface area contributed by atoms with Gasteiger partial charge >= 0.3 is 6.09 Å². The van der Waals surface area contributed by atoms with E-state index < -0.39 is 26.8 Å². The van der Waals surface area contributed by atoms with Crippen LogP contribution in [0.5, 0.6) is 0 Å². The first kappa shape index (κ1) is 13.2. The fourth-order valence-electron chi connectivity index (χ4n) is 1.05. The van der Waals surface area contributed by atoms with Crippen molar-refractivity contribution in [2.45, 2.75) is 33.1 Å². The van der Waals surface area contributed by atoms with Crippen molar-refractivity contribution in [2.24, 2.45) is 11.1 Å². The molecular formula is C8H17NO4S. The Bertz CT molecular complexity index is 302. The third-order valence-corrected chi connectivity index (χ3v) is 3.92. The second-order valence-electron chi connectivity index (χ2n) is 4.09.